The number of amides is 1. The minimum absolute atomic E-state index is 0.0448. The van der Waals surface area contributed by atoms with Crippen LogP contribution in [0, 0.1) is 0 Å². The summed E-state index contributed by atoms with van der Waals surface area (Å²) in [5.74, 6) is 0.0448. The van der Waals surface area contributed by atoms with Crippen molar-refractivity contribution in [2.24, 2.45) is 0 Å². The molecular formula is C20H26N2O. The Labute approximate surface area is 138 Å². The van der Waals surface area contributed by atoms with Crippen molar-refractivity contribution in [3.63, 3.8) is 0 Å². The molecule has 2 aromatic carbocycles. The molecule has 122 valence electrons. The van der Waals surface area contributed by atoms with Crippen LogP contribution < -0.4 is 10.6 Å². The Kier molecular flexibility index (Phi) is 5.65. The van der Waals surface area contributed by atoms with E-state index in [0.29, 0.717) is 12.6 Å². The third-order valence-corrected chi connectivity index (χ3v) is 4.72. The summed E-state index contributed by atoms with van der Waals surface area (Å²) in [6.45, 7) is 0.397. The molecule has 3 heteroatoms. The van der Waals surface area contributed by atoms with Crippen LogP contribution in [0.2, 0.25) is 0 Å². The summed E-state index contributed by atoms with van der Waals surface area (Å²) in [5.41, 5.74) is 0.896. The lowest BCUT2D eigenvalue weighted by Crippen LogP contribution is -2.36. The first-order valence-electron chi connectivity index (χ1n) is 8.84. The Hall–Kier alpha value is -1.87. The molecule has 0 aliphatic heterocycles. The lowest BCUT2D eigenvalue weighted by Gasteiger charge is -2.21. The number of nitrogens with one attached hydrogen (secondary N) is 2. The van der Waals surface area contributed by atoms with Crippen LogP contribution in [0.25, 0.3) is 10.8 Å². The number of hydrogen-bond acceptors (Lipinski definition) is 2. The largest absolute Gasteiger partial charge is 0.324 e. The summed E-state index contributed by atoms with van der Waals surface area (Å²) in [5, 5.41) is 8.74. The number of fused-ring (bicyclic) bond motifs is 1. The molecular weight excluding hydrogens is 284 g/mol. The number of anilines is 1. The van der Waals surface area contributed by atoms with Gasteiger partial charge in [-0.2, -0.15) is 0 Å². The first-order valence-corrected chi connectivity index (χ1v) is 8.84. The van der Waals surface area contributed by atoms with Gasteiger partial charge in [-0.1, -0.05) is 68.5 Å². The summed E-state index contributed by atoms with van der Waals surface area (Å²) in [6, 6.07) is 14.7. The highest BCUT2D eigenvalue weighted by atomic mass is 16.1. The van der Waals surface area contributed by atoms with E-state index in [9.17, 15) is 4.79 Å². The molecule has 3 nitrogen and oxygen atoms in total. The van der Waals surface area contributed by atoms with E-state index in [0.717, 1.165) is 16.5 Å². The van der Waals surface area contributed by atoms with Gasteiger partial charge in [0.25, 0.3) is 0 Å². The van der Waals surface area contributed by atoms with Gasteiger partial charge in [0.1, 0.15) is 0 Å². The summed E-state index contributed by atoms with van der Waals surface area (Å²) in [7, 11) is 0. The molecule has 3 rings (SSSR count). The standard InChI is InChI=1S/C20H26N2O/c23-20(15-21-17-11-4-2-1-3-5-12-17)22-19-14-8-10-16-9-6-7-13-18(16)19/h6-10,13-14,17,21H,1-5,11-12,15H2,(H,22,23). The second-order valence-corrected chi connectivity index (χ2v) is 6.50. The van der Waals surface area contributed by atoms with Gasteiger partial charge in [-0.3, -0.25) is 4.79 Å². The SMILES string of the molecule is O=C(CNC1CCCCCCC1)Nc1cccc2ccccc12. The molecule has 0 atom stereocenters. The van der Waals surface area contributed by atoms with Gasteiger partial charge in [-0.05, 0) is 24.3 Å². The highest BCUT2D eigenvalue weighted by Gasteiger charge is 2.12. The lowest BCUT2D eigenvalue weighted by molar-refractivity contribution is -0.115. The van der Waals surface area contributed by atoms with E-state index in [-0.39, 0.29) is 5.91 Å². The normalized spacial score (nSPS) is 16.7. The zero-order valence-corrected chi connectivity index (χ0v) is 13.7. The van der Waals surface area contributed by atoms with Gasteiger partial charge in [0.15, 0.2) is 0 Å². The monoisotopic (exact) mass is 310 g/mol. The van der Waals surface area contributed by atoms with E-state index in [1.807, 2.05) is 30.3 Å². The topological polar surface area (TPSA) is 41.1 Å². The number of carbonyl (C=O) groups excluding carboxylic acids is 1. The highest BCUT2D eigenvalue weighted by molar-refractivity contribution is 6.02. The Bertz CT molecular complexity index is 640. The van der Waals surface area contributed by atoms with Gasteiger partial charge in [0.05, 0.1) is 6.54 Å². The van der Waals surface area contributed by atoms with E-state index in [1.54, 1.807) is 0 Å². The molecule has 0 spiro atoms. The van der Waals surface area contributed by atoms with Crippen LogP contribution in [0.3, 0.4) is 0 Å². The van der Waals surface area contributed by atoms with E-state index < -0.39 is 0 Å². The lowest BCUT2D eigenvalue weighted by atomic mass is 9.97. The van der Waals surface area contributed by atoms with E-state index >= 15 is 0 Å². The molecule has 0 radical (unpaired) electrons. The van der Waals surface area contributed by atoms with Gasteiger partial charge in [0, 0.05) is 17.1 Å². The van der Waals surface area contributed by atoms with Gasteiger partial charge in [-0.25, -0.2) is 0 Å². The number of benzene rings is 2. The zero-order chi connectivity index (χ0) is 15.9. The van der Waals surface area contributed by atoms with Crippen molar-refractivity contribution < 1.29 is 4.79 Å². The van der Waals surface area contributed by atoms with Crippen LogP contribution >= 0.6 is 0 Å². The average molecular weight is 310 g/mol. The predicted octanol–water partition coefficient (Wildman–Crippen LogP) is 4.48. The molecule has 2 aromatic rings. The van der Waals surface area contributed by atoms with Gasteiger partial charge in [-0.15, -0.1) is 0 Å². The Morgan fingerprint density at radius 1 is 0.913 bits per heavy atom. The predicted molar refractivity (Wildman–Crippen MR) is 96.7 cm³/mol. The summed E-state index contributed by atoms with van der Waals surface area (Å²) < 4.78 is 0. The van der Waals surface area contributed by atoms with Crippen molar-refractivity contribution in [2.75, 3.05) is 11.9 Å². The third kappa shape index (κ3) is 4.55. The maximum absolute atomic E-state index is 12.3. The number of hydrogen-bond donors (Lipinski definition) is 2. The van der Waals surface area contributed by atoms with Crippen molar-refractivity contribution >= 4 is 22.4 Å². The quantitative estimate of drug-likeness (QED) is 0.874. The van der Waals surface area contributed by atoms with Crippen molar-refractivity contribution in [1.29, 1.82) is 0 Å². The van der Waals surface area contributed by atoms with Gasteiger partial charge in [0.2, 0.25) is 5.91 Å². The Morgan fingerprint density at radius 2 is 1.61 bits per heavy atom. The van der Waals surface area contributed by atoms with Crippen molar-refractivity contribution in [3.05, 3.63) is 42.5 Å². The smallest absolute Gasteiger partial charge is 0.238 e. The minimum atomic E-state index is 0.0448. The molecule has 1 saturated carbocycles. The van der Waals surface area contributed by atoms with Crippen LogP contribution in [0.15, 0.2) is 42.5 Å². The number of rotatable bonds is 4. The van der Waals surface area contributed by atoms with Gasteiger partial charge < -0.3 is 10.6 Å². The maximum Gasteiger partial charge on any atom is 0.238 e. The van der Waals surface area contributed by atoms with Gasteiger partial charge >= 0.3 is 0 Å². The second-order valence-electron chi connectivity index (χ2n) is 6.50. The van der Waals surface area contributed by atoms with E-state index in [2.05, 4.69) is 22.8 Å². The molecule has 0 saturated heterocycles. The Morgan fingerprint density at radius 3 is 2.43 bits per heavy atom. The van der Waals surface area contributed by atoms with E-state index in [1.165, 1.54) is 44.9 Å². The molecule has 2 N–H and O–H groups in total. The number of carbonyl (C=O) groups is 1. The molecule has 1 amide bonds. The fraction of sp³-hybridized carbons (Fsp3) is 0.450. The first-order chi connectivity index (χ1) is 11.3. The highest BCUT2D eigenvalue weighted by Crippen LogP contribution is 2.23. The summed E-state index contributed by atoms with van der Waals surface area (Å²) in [6.07, 6.45) is 8.99. The van der Waals surface area contributed by atoms with Crippen LogP contribution in [0.4, 0.5) is 5.69 Å². The third-order valence-electron chi connectivity index (χ3n) is 4.72. The second kappa shape index (κ2) is 8.11. The fourth-order valence-corrected chi connectivity index (χ4v) is 3.43. The molecule has 0 aromatic heterocycles. The minimum Gasteiger partial charge on any atom is -0.324 e. The molecule has 1 aliphatic rings. The van der Waals surface area contributed by atoms with Crippen LogP contribution in [-0.4, -0.2) is 18.5 Å². The first kappa shape index (κ1) is 16.0. The van der Waals surface area contributed by atoms with Crippen LogP contribution in [0.5, 0.6) is 0 Å². The molecule has 1 fully saturated rings. The molecule has 23 heavy (non-hydrogen) atoms. The van der Waals surface area contributed by atoms with Crippen LogP contribution in [0.1, 0.15) is 44.9 Å². The molecule has 0 bridgehead atoms. The molecule has 0 unspecified atom stereocenters. The summed E-state index contributed by atoms with van der Waals surface area (Å²) >= 11 is 0. The Balaban J connectivity index is 1.56. The van der Waals surface area contributed by atoms with Crippen LogP contribution in [-0.2, 0) is 4.79 Å². The maximum atomic E-state index is 12.3. The molecule has 0 heterocycles. The fourth-order valence-electron chi connectivity index (χ4n) is 3.43. The van der Waals surface area contributed by atoms with E-state index in [4.69, 9.17) is 0 Å². The zero-order valence-electron chi connectivity index (χ0n) is 13.7. The van der Waals surface area contributed by atoms with Crippen molar-refractivity contribution in [3.8, 4) is 0 Å². The summed E-state index contributed by atoms with van der Waals surface area (Å²) in [4.78, 5) is 12.3. The average Bonchev–Trinajstić information content (AvgIpc) is 2.54. The van der Waals surface area contributed by atoms with Crippen molar-refractivity contribution in [2.45, 2.75) is 51.0 Å². The van der Waals surface area contributed by atoms with Crippen molar-refractivity contribution in [1.82, 2.24) is 5.32 Å². The molecule has 1 aliphatic carbocycles.